The summed E-state index contributed by atoms with van der Waals surface area (Å²) in [5, 5.41) is 0. The van der Waals surface area contributed by atoms with Crippen LogP contribution in [0.3, 0.4) is 0 Å². The number of hydrogen-bond acceptors (Lipinski definition) is 2. The summed E-state index contributed by atoms with van der Waals surface area (Å²) in [5.41, 5.74) is 0.866. The molecule has 11 heavy (non-hydrogen) atoms. The smallest absolute Gasteiger partial charge is 0.166 e. The zero-order valence-electron chi connectivity index (χ0n) is 5.46. The van der Waals surface area contributed by atoms with Crippen LogP contribution in [-0.2, 0) is 0 Å². The van der Waals surface area contributed by atoms with Crippen LogP contribution in [-0.4, -0.2) is 18.6 Å². The van der Waals surface area contributed by atoms with E-state index in [1.807, 2.05) is 22.6 Å². The molecule has 0 saturated heterocycles. The first kappa shape index (κ1) is 7.15. The lowest BCUT2D eigenvalue weighted by Crippen LogP contribution is -2.07. The van der Waals surface area contributed by atoms with Crippen LogP contribution in [0.15, 0.2) is 31.0 Å². The van der Waals surface area contributed by atoms with Gasteiger partial charge in [0.25, 0.3) is 0 Å². The predicted octanol–water partition coefficient (Wildman–Crippen LogP) is 2.02. The second-order valence-corrected chi connectivity index (χ2v) is 3.31. The Balaban J connectivity index is 2.48. The molecule has 0 amide bonds. The summed E-state index contributed by atoms with van der Waals surface area (Å²) in [6, 6.07) is 0. The number of halogens is 2. The molecule has 2 aliphatic rings. The first-order chi connectivity index (χ1) is 5.29. The number of rotatable bonds is 0. The molecule has 0 N–H and O–H groups in total. The van der Waals surface area contributed by atoms with Gasteiger partial charge in [0.05, 0.1) is 9.79 Å². The topological polar surface area (TPSA) is 24.7 Å². The van der Waals surface area contributed by atoms with E-state index in [0.717, 1.165) is 5.57 Å². The fourth-order valence-electron chi connectivity index (χ4n) is 1.01. The van der Waals surface area contributed by atoms with Crippen molar-refractivity contribution in [3.05, 3.63) is 21.1 Å². The van der Waals surface area contributed by atoms with E-state index in [1.165, 1.54) is 6.21 Å². The Labute approximate surface area is 76.8 Å². The summed E-state index contributed by atoms with van der Waals surface area (Å²) in [6.07, 6.45) is 4.50. The van der Waals surface area contributed by atoms with Crippen molar-refractivity contribution >= 4 is 35.0 Å². The molecule has 0 unspecified atom stereocenters. The lowest BCUT2D eigenvalue weighted by Gasteiger charge is -2.11. The van der Waals surface area contributed by atoms with Crippen LogP contribution < -0.4 is 0 Å². The van der Waals surface area contributed by atoms with Gasteiger partial charge in [0.1, 0.15) is 0 Å². The van der Waals surface area contributed by atoms with Crippen molar-refractivity contribution in [1.82, 2.24) is 0 Å². The second-order valence-electron chi connectivity index (χ2n) is 2.23. The van der Waals surface area contributed by atoms with Crippen molar-refractivity contribution in [3.63, 3.8) is 0 Å². The lowest BCUT2D eigenvalue weighted by molar-refractivity contribution is 0.671. The molecule has 2 rings (SSSR count). The van der Waals surface area contributed by atoms with Gasteiger partial charge in [-0.15, -0.1) is 0 Å². The van der Waals surface area contributed by atoms with Gasteiger partial charge in [-0.3, -0.25) is 9.98 Å². The van der Waals surface area contributed by atoms with Gasteiger partial charge in [-0.25, -0.2) is 4.39 Å². The van der Waals surface area contributed by atoms with E-state index in [4.69, 9.17) is 0 Å². The average molecular weight is 262 g/mol. The first-order valence-corrected chi connectivity index (χ1v) is 4.19. The SMILES string of the molecule is FC1=C(I)C2=CC=N[C@H]2N=C1. The summed E-state index contributed by atoms with van der Waals surface area (Å²) >= 11 is 1.97. The lowest BCUT2D eigenvalue weighted by atomic mass is 10.2. The van der Waals surface area contributed by atoms with E-state index in [0.29, 0.717) is 3.58 Å². The number of fused-ring (bicyclic) bond motifs is 1. The van der Waals surface area contributed by atoms with E-state index < -0.39 is 0 Å². The summed E-state index contributed by atoms with van der Waals surface area (Å²) < 4.78 is 13.5. The molecular formula is C7H4FIN2. The van der Waals surface area contributed by atoms with Crippen LogP contribution in [0.5, 0.6) is 0 Å². The van der Waals surface area contributed by atoms with Gasteiger partial charge in [-0.2, -0.15) is 0 Å². The molecule has 4 heteroatoms. The highest BCUT2D eigenvalue weighted by Gasteiger charge is 2.22. The fraction of sp³-hybridized carbons (Fsp3) is 0.143. The zero-order valence-corrected chi connectivity index (χ0v) is 7.62. The Hall–Kier alpha value is -0.520. The van der Waals surface area contributed by atoms with E-state index in [9.17, 15) is 4.39 Å². The van der Waals surface area contributed by atoms with E-state index in [1.54, 1.807) is 12.3 Å². The van der Waals surface area contributed by atoms with Gasteiger partial charge in [-0.05, 0) is 28.7 Å². The maximum Gasteiger partial charge on any atom is 0.166 e. The Morgan fingerprint density at radius 3 is 3.09 bits per heavy atom. The Bertz CT molecular complexity index is 314. The largest absolute Gasteiger partial charge is 0.262 e. The van der Waals surface area contributed by atoms with Gasteiger partial charge < -0.3 is 0 Å². The van der Waals surface area contributed by atoms with Gasteiger partial charge in [0.2, 0.25) is 0 Å². The van der Waals surface area contributed by atoms with Crippen molar-refractivity contribution in [1.29, 1.82) is 0 Å². The third-order valence-corrected chi connectivity index (χ3v) is 2.69. The standard InChI is InChI=1S/C7H4FIN2/c8-5-3-11-7-4(6(5)9)1-2-10-7/h1-3,7H/t7-/m0/s1. The van der Waals surface area contributed by atoms with Crippen molar-refractivity contribution < 1.29 is 4.39 Å². The minimum atomic E-state index is -0.265. The maximum absolute atomic E-state index is 12.8. The monoisotopic (exact) mass is 262 g/mol. The van der Waals surface area contributed by atoms with Gasteiger partial charge >= 0.3 is 0 Å². The normalized spacial score (nSPS) is 27.5. The van der Waals surface area contributed by atoms with Crippen LogP contribution in [0.4, 0.5) is 4.39 Å². The molecule has 0 aliphatic carbocycles. The quantitative estimate of drug-likeness (QED) is 0.597. The van der Waals surface area contributed by atoms with Crippen molar-refractivity contribution in [2.75, 3.05) is 0 Å². The van der Waals surface area contributed by atoms with Gasteiger partial charge in [-0.1, -0.05) is 0 Å². The van der Waals surface area contributed by atoms with Crippen LogP contribution >= 0.6 is 22.6 Å². The molecule has 0 spiro atoms. The number of dihydropyridines is 1. The van der Waals surface area contributed by atoms with Crippen molar-refractivity contribution in [2.24, 2.45) is 9.98 Å². The number of hydrogen-bond donors (Lipinski definition) is 0. The zero-order chi connectivity index (χ0) is 7.84. The van der Waals surface area contributed by atoms with E-state index in [-0.39, 0.29) is 12.0 Å². The van der Waals surface area contributed by atoms with Crippen LogP contribution in [0.2, 0.25) is 0 Å². The van der Waals surface area contributed by atoms with Crippen LogP contribution in [0, 0.1) is 0 Å². The van der Waals surface area contributed by atoms with Gasteiger partial charge in [0.15, 0.2) is 12.0 Å². The van der Waals surface area contributed by atoms with Crippen molar-refractivity contribution in [3.8, 4) is 0 Å². The second kappa shape index (κ2) is 2.51. The summed E-state index contributed by atoms with van der Waals surface area (Å²) in [7, 11) is 0. The van der Waals surface area contributed by atoms with E-state index in [2.05, 4.69) is 9.98 Å². The molecule has 2 nitrogen and oxygen atoms in total. The highest BCUT2D eigenvalue weighted by Crippen LogP contribution is 2.32. The molecule has 0 aromatic heterocycles. The number of aliphatic imine (C=N–C) groups is 2. The molecule has 2 aliphatic heterocycles. The van der Waals surface area contributed by atoms with Gasteiger partial charge in [0, 0.05) is 11.8 Å². The molecule has 0 bridgehead atoms. The summed E-state index contributed by atoms with van der Waals surface area (Å²) in [6.45, 7) is 0. The predicted molar refractivity (Wildman–Crippen MR) is 51.0 cm³/mol. The maximum atomic E-state index is 12.8. The molecule has 0 saturated carbocycles. The molecule has 0 aromatic rings. The molecule has 1 atom stereocenters. The molecule has 0 fully saturated rings. The molecule has 0 radical (unpaired) electrons. The minimum absolute atomic E-state index is 0.179. The summed E-state index contributed by atoms with van der Waals surface area (Å²) in [4.78, 5) is 7.92. The van der Waals surface area contributed by atoms with Crippen LogP contribution in [0.25, 0.3) is 0 Å². The Morgan fingerprint density at radius 1 is 1.45 bits per heavy atom. The summed E-state index contributed by atoms with van der Waals surface area (Å²) in [5.74, 6) is -0.265. The van der Waals surface area contributed by atoms with Crippen molar-refractivity contribution in [2.45, 2.75) is 6.17 Å². The highest BCUT2D eigenvalue weighted by molar-refractivity contribution is 14.1. The molecule has 2 heterocycles. The fourth-order valence-corrected chi connectivity index (χ4v) is 1.60. The number of nitrogens with zero attached hydrogens (tertiary/aromatic N) is 2. The third kappa shape index (κ3) is 1.05. The molecule has 56 valence electrons. The average Bonchev–Trinajstić information content (AvgIpc) is 2.45. The Kier molecular flexibility index (Phi) is 1.63. The molecular weight excluding hydrogens is 258 g/mol. The highest BCUT2D eigenvalue weighted by atomic mass is 127. The molecule has 0 aromatic carbocycles. The Morgan fingerprint density at radius 2 is 2.27 bits per heavy atom. The third-order valence-electron chi connectivity index (χ3n) is 1.55. The first-order valence-electron chi connectivity index (χ1n) is 3.11. The van der Waals surface area contributed by atoms with E-state index >= 15 is 0 Å². The van der Waals surface area contributed by atoms with Crippen LogP contribution in [0.1, 0.15) is 0 Å². The minimum Gasteiger partial charge on any atom is -0.262 e. The number of allylic oxidation sites excluding steroid dienone is 2.